The molecule has 4 aromatic rings. The van der Waals surface area contributed by atoms with E-state index in [4.69, 9.17) is 0 Å². The highest BCUT2D eigenvalue weighted by molar-refractivity contribution is 7.18. The Morgan fingerprint density at radius 3 is 2.88 bits per heavy atom. The van der Waals surface area contributed by atoms with E-state index < -0.39 is 0 Å². The number of H-pyrrole nitrogens is 1. The van der Waals surface area contributed by atoms with Crippen molar-refractivity contribution in [2.24, 2.45) is 0 Å². The second-order valence-corrected chi connectivity index (χ2v) is 7.18. The van der Waals surface area contributed by atoms with Crippen molar-refractivity contribution in [3.05, 3.63) is 65.3 Å². The van der Waals surface area contributed by atoms with Crippen LogP contribution in [0.5, 0.6) is 0 Å². The van der Waals surface area contributed by atoms with Gasteiger partial charge in [-0.2, -0.15) is 0 Å². The van der Waals surface area contributed by atoms with Gasteiger partial charge in [0.05, 0.1) is 21.6 Å². The first-order valence-electron chi connectivity index (χ1n) is 8.46. The van der Waals surface area contributed by atoms with Gasteiger partial charge in [-0.1, -0.05) is 30.3 Å². The Morgan fingerprint density at radius 1 is 1.12 bits per heavy atom. The molecule has 25 heavy (non-hydrogen) atoms. The highest BCUT2D eigenvalue weighted by Gasteiger charge is 2.08. The summed E-state index contributed by atoms with van der Waals surface area (Å²) in [5.41, 5.74) is 3.17. The Morgan fingerprint density at radius 2 is 1.96 bits per heavy atom. The zero-order valence-corrected chi connectivity index (χ0v) is 14.6. The Kier molecular flexibility index (Phi) is 4.48. The molecule has 0 aliphatic heterocycles. The minimum atomic E-state index is 0.0639. The topological polar surface area (TPSA) is 57.8 Å². The summed E-state index contributed by atoms with van der Waals surface area (Å²) in [6, 6.07) is 16.2. The van der Waals surface area contributed by atoms with Crippen LogP contribution in [-0.4, -0.2) is 22.4 Å². The van der Waals surface area contributed by atoms with Crippen LogP contribution >= 0.6 is 11.3 Å². The zero-order valence-electron chi connectivity index (χ0n) is 13.8. The molecule has 0 atom stereocenters. The molecule has 4 rings (SSSR count). The molecule has 2 aromatic heterocycles. The summed E-state index contributed by atoms with van der Waals surface area (Å²) >= 11 is 1.73. The normalized spacial score (nSPS) is 11.2. The van der Waals surface area contributed by atoms with Gasteiger partial charge in [0.15, 0.2) is 0 Å². The molecular weight excluding hydrogens is 330 g/mol. The van der Waals surface area contributed by atoms with Crippen LogP contribution in [0.3, 0.4) is 0 Å². The zero-order chi connectivity index (χ0) is 17.1. The predicted octanol–water partition coefficient (Wildman–Crippen LogP) is 4.07. The molecule has 0 spiro atoms. The van der Waals surface area contributed by atoms with Crippen LogP contribution in [0.25, 0.3) is 21.1 Å². The van der Waals surface area contributed by atoms with Crippen molar-refractivity contribution in [1.82, 2.24) is 15.3 Å². The number of nitrogens with one attached hydrogen (secondary N) is 2. The van der Waals surface area contributed by atoms with E-state index in [9.17, 15) is 4.79 Å². The van der Waals surface area contributed by atoms with Gasteiger partial charge in [-0.05, 0) is 30.2 Å². The largest absolute Gasteiger partial charge is 0.361 e. The average molecular weight is 349 g/mol. The molecule has 0 unspecified atom stereocenters. The highest BCUT2D eigenvalue weighted by atomic mass is 32.1. The van der Waals surface area contributed by atoms with Gasteiger partial charge in [-0.3, -0.25) is 4.79 Å². The average Bonchev–Trinajstić information content (AvgIpc) is 3.23. The lowest BCUT2D eigenvalue weighted by molar-refractivity contribution is -0.120. The van der Waals surface area contributed by atoms with Crippen molar-refractivity contribution in [3.63, 3.8) is 0 Å². The van der Waals surface area contributed by atoms with Crippen molar-refractivity contribution in [3.8, 4) is 0 Å². The maximum absolute atomic E-state index is 12.2. The van der Waals surface area contributed by atoms with Gasteiger partial charge in [0.25, 0.3) is 0 Å². The molecule has 0 aliphatic carbocycles. The van der Waals surface area contributed by atoms with Gasteiger partial charge in [0, 0.05) is 30.1 Å². The van der Waals surface area contributed by atoms with Crippen LogP contribution in [0, 0.1) is 0 Å². The molecule has 0 saturated carbocycles. The number of carbonyl (C=O) groups excluding carboxylic acids is 1. The third-order valence-electron chi connectivity index (χ3n) is 4.25. The summed E-state index contributed by atoms with van der Waals surface area (Å²) in [6.07, 6.45) is 4.13. The minimum absolute atomic E-state index is 0.0639. The van der Waals surface area contributed by atoms with E-state index >= 15 is 0 Å². The number of rotatable bonds is 6. The Labute approximate surface area is 149 Å². The first-order chi connectivity index (χ1) is 12.3. The number of carbonyl (C=O) groups is 1. The SMILES string of the molecule is O=C(Cc1c[nH]c2ccccc12)NCCCc1nc2ccccc2s1. The molecule has 0 saturated heterocycles. The Hall–Kier alpha value is -2.66. The fourth-order valence-electron chi connectivity index (χ4n) is 3.01. The van der Waals surface area contributed by atoms with E-state index in [0.717, 1.165) is 39.8 Å². The van der Waals surface area contributed by atoms with Crippen molar-refractivity contribution >= 4 is 38.4 Å². The number of amides is 1. The number of benzene rings is 2. The number of para-hydroxylation sites is 2. The molecular formula is C20H19N3OS. The first kappa shape index (κ1) is 15.8. The number of aryl methyl sites for hydroxylation is 1. The lowest BCUT2D eigenvalue weighted by atomic mass is 10.1. The van der Waals surface area contributed by atoms with Gasteiger partial charge in [-0.25, -0.2) is 4.98 Å². The third kappa shape index (κ3) is 3.56. The fraction of sp³-hybridized carbons (Fsp3) is 0.200. The van der Waals surface area contributed by atoms with Gasteiger partial charge in [0.1, 0.15) is 0 Å². The molecule has 4 nitrogen and oxygen atoms in total. The number of nitrogens with zero attached hydrogens (tertiary/aromatic N) is 1. The number of aromatic amines is 1. The van der Waals surface area contributed by atoms with E-state index in [2.05, 4.69) is 21.4 Å². The number of thiazole rings is 1. The Balaban J connectivity index is 1.27. The van der Waals surface area contributed by atoms with Crippen molar-refractivity contribution in [1.29, 1.82) is 0 Å². The van der Waals surface area contributed by atoms with Crippen molar-refractivity contribution in [2.45, 2.75) is 19.3 Å². The lowest BCUT2D eigenvalue weighted by Crippen LogP contribution is -2.26. The summed E-state index contributed by atoms with van der Waals surface area (Å²) in [7, 11) is 0. The van der Waals surface area contributed by atoms with Gasteiger partial charge in [-0.15, -0.1) is 11.3 Å². The number of aromatic nitrogens is 2. The fourth-order valence-corrected chi connectivity index (χ4v) is 4.02. The van der Waals surface area contributed by atoms with Crippen LogP contribution in [0.1, 0.15) is 17.0 Å². The highest BCUT2D eigenvalue weighted by Crippen LogP contribution is 2.22. The molecule has 0 fully saturated rings. The number of hydrogen-bond acceptors (Lipinski definition) is 3. The standard InChI is InChI=1S/C20H19N3OS/c24-19(12-14-13-22-16-7-2-1-6-15(14)16)21-11-5-10-20-23-17-8-3-4-9-18(17)25-20/h1-4,6-9,13,22H,5,10-12H2,(H,21,24). The van der Waals surface area contributed by atoms with E-state index in [-0.39, 0.29) is 5.91 Å². The van der Waals surface area contributed by atoms with Crippen molar-refractivity contribution < 1.29 is 4.79 Å². The van der Waals surface area contributed by atoms with Crippen LogP contribution < -0.4 is 5.32 Å². The maximum atomic E-state index is 12.2. The van der Waals surface area contributed by atoms with Crippen molar-refractivity contribution in [2.75, 3.05) is 6.54 Å². The molecule has 0 bridgehead atoms. The van der Waals surface area contributed by atoms with Crippen LogP contribution in [0.15, 0.2) is 54.7 Å². The van der Waals surface area contributed by atoms with E-state index in [1.165, 1.54) is 4.70 Å². The van der Waals surface area contributed by atoms with E-state index in [1.807, 2.05) is 48.7 Å². The number of hydrogen-bond donors (Lipinski definition) is 2. The number of fused-ring (bicyclic) bond motifs is 2. The van der Waals surface area contributed by atoms with Gasteiger partial charge >= 0.3 is 0 Å². The van der Waals surface area contributed by atoms with E-state index in [0.29, 0.717) is 13.0 Å². The van der Waals surface area contributed by atoms with Crippen LogP contribution in [-0.2, 0) is 17.6 Å². The monoisotopic (exact) mass is 349 g/mol. The second kappa shape index (κ2) is 7.07. The summed E-state index contributed by atoms with van der Waals surface area (Å²) in [5, 5.41) is 5.26. The summed E-state index contributed by atoms with van der Waals surface area (Å²) in [5.74, 6) is 0.0639. The summed E-state index contributed by atoms with van der Waals surface area (Å²) in [4.78, 5) is 20.0. The molecule has 1 amide bonds. The van der Waals surface area contributed by atoms with E-state index in [1.54, 1.807) is 11.3 Å². The Bertz CT molecular complexity index is 985. The second-order valence-electron chi connectivity index (χ2n) is 6.07. The lowest BCUT2D eigenvalue weighted by Gasteiger charge is -2.04. The smallest absolute Gasteiger partial charge is 0.224 e. The molecule has 5 heteroatoms. The third-order valence-corrected chi connectivity index (χ3v) is 5.35. The molecule has 126 valence electrons. The molecule has 0 aliphatic rings. The molecule has 2 heterocycles. The quantitative estimate of drug-likeness (QED) is 0.516. The van der Waals surface area contributed by atoms with Crippen LogP contribution in [0.2, 0.25) is 0 Å². The predicted molar refractivity (Wildman–Crippen MR) is 103 cm³/mol. The van der Waals surface area contributed by atoms with Gasteiger partial charge < -0.3 is 10.3 Å². The summed E-state index contributed by atoms with van der Waals surface area (Å²) in [6.45, 7) is 0.678. The van der Waals surface area contributed by atoms with Crippen LogP contribution in [0.4, 0.5) is 0 Å². The molecule has 0 radical (unpaired) electrons. The molecule has 2 aromatic carbocycles. The summed E-state index contributed by atoms with van der Waals surface area (Å²) < 4.78 is 1.22. The maximum Gasteiger partial charge on any atom is 0.224 e. The van der Waals surface area contributed by atoms with Gasteiger partial charge in [0.2, 0.25) is 5.91 Å². The molecule has 2 N–H and O–H groups in total. The minimum Gasteiger partial charge on any atom is -0.361 e. The first-order valence-corrected chi connectivity index (χ1v) is 9.27.